The molecule has 0 bridgehead atoms. The van der Waals surface area contributed by atoms with Crippen molar-refractivity contribution in [3.8, 4) is 0 Å². The summed E-state index contributed by atoms with van der Waals surface area (Å²) < 4.78 is 5.33. The summed E-state index contributed by atoms with van der Waals surface area (Å²) in [5.41, 5.74) is 0. The molecule has 2 rings (SSSR count). The van der Waals surface area contributed by atoms with Crippen LogP contribution >= 0.6 is 11.6 Å². The van der Waals surface area contributed by atoms with Crippen LogP contribution in [0.5, 0.6) is 0 Å². The molecule has 1 unspecified atom stereocenters. The van der Waals surface area contributed by atoms with Gasteiger partial charge in [0.1, 0.15) is 0 Å². The van der Waals surface area contributed by atoms with Crippen LogP contribution in [0, 0.1) is 11.8 Å². The Morgan fingerprint density at radius 2 is 2.00 bits per heavy atom. The zero-order chi connectivity index (χ0) is 12.1. The molecule has 3 nitrogen and oxygen atoms in total. The SMILES string of the molecule is O=C(NCC1CCC(Cl)CC1)C1CCCOC1. The summed E-state index contributed by atoms with van der Waals surface area (Å²) in [4.78, 5) is 11.9. The highest BCUT2D eigenvalue weighted by molar-refractivity contribution is 6.20. The molecular weight excluding hydrogens is 238 g/mol. The van der Waals surface area contributed by atoms with Gasteiger partial charge in [0.05, 0.1) is 12.5 Å². The van der Waals surface area contributed by atoms with Crippen molar-refractivity contribution in [2.24, 2.45) is 11.8 Å². The number of halogens is 1. The predicted molar refractivity (Wildman–Crippen MR) is 68.2 cm³/mol. The molecule has 2 aliphatic rings. The summed E-state index contributed by atoms with van der Waals surface area (Å²) in [6, 6.07) is 0. The Bertz CT molecular complexity index is 246. The average Bonchev–Trinajstić information content (AvgIpc) is 2.39. The quantitative estimate of drug-likeness (QED) is 0.790. The van der Waals surface area contributed by atoms with E-state index in [0.29, 0.717) is 17.9 Å². The molecule has 98 valence electrons. The van der Waals surface area contributed by atoms with Crippen molar-refractivity contribution < 1.29 is 9.53 Å². The second-order valence-corrected chi connectivity index (χ2v) is 5.89. The summed E-state index contributed by atoms with van der Waals surface area (Å²) in [7, 11) is 0. The third-order valence-electron chi connectivity index (χ3n) is 3.87. The highest BCUT2D eigenvalue weighted by atomic mass is 35.5. The number of hydrogen-bond donors (Lipinski definition) is 1. The summed E-state index contributed by atoms with van der Waals surface area (Å²) in [6.07, 6.45) is 6.46. The minimum atomic E-state index is 0.0770. The van der Waals surface area contributed by atoms with E-state index in [0.717, 1.165) is 51.7 Å². The summed E-state index contributed by atoms with van der Waals surface area (Å²) in [5.74, 6) is 0.879. The van der Waals surface area contributed by atoms with Crippen molar-refractivity contribution in [3.05, 3.63) is 0 Å². The Balaban J connectivity index is 1.65. The lowest BCUT2D eigenvalue weighted by molar-refractivity contribution is -0.129. The van der Waals surface area contributed by atoms with E-state index in [9.17, 15) is 4.79 Å². The van der Waals surface area contributed by atoms with Crippen LogP contribution in [-0.4, -0.2) is 31.0 Å². The van der Waals surface area contributed by atoms with E-state index in [2.05, 4.69) is 5.32 Å². The summed E-state index contributed by atoms with van der Waals surface area (Å²) in [5, 5.41) is 3.43. The fourth-order valence-electron chi connectivity index (χ4n) is 2.66. The number of ether oxygens (including phenoxy) is 1. The molecule has 1 saturated carbocycles. The van der Waals surface area contributed by atoms with Crippen LogP contribution in [0.15, 0.2) is 0 Å². The van der Waals surface area contributed by atoms with E-state index < -0.39 is 0 Å². The van der Waals surface area contributed by atoms with Crippen LogP contribution in [0.25, 0.3) is 0 Å². The van der Waals surface area contributed by atoms with Gasteiger partial charge in [0, 0.05) is 18.5 Å². The van der Waals surface area contributed by atoms with Gasteiger partial charge in [-0.2, -0.15) is 0 Å². The Labute approximate surface area is 108 Å². The Kier molecular flexibility index (Phi) is 5.11. The van der Waals surface area contributed by atoms with E-state index >= 15 is 0 Å². The van der Waals surface area contributed by atoms with Gasteiger partial charge in [-0.1, -0.05) is 0 Å². The molecule has 1 aliphatic carbocycles. The normalized spacial score (nSPS) is 34.3. The van der Waals surface area contributed by atoms with Crippen molar-refractivity contribution >= 4 is 17.5 Å². The molecule has 1 N–H and O–H groups in total. The highest BCUT2D eigenvalue weighted by Crippen LogP contribution is 2.27. The second kappa shape index (κ2) is 6.60. The molecule has 1 atom stereocenters. The zero-order valence-corrected chi connectivity index (χ0v) is 11.0. The van der Waals surface area contributed by atoms with E-state index in [1.807, 2.05) is 0 Å². The number of rotatable bonds is 3. The van der Waals surface area contributed by atoms with Gasteiger partial charge in [0.25, 0.3) is 0 Å². The molecule has 1 saturated heterocycles. The standard InChI is InChI=1S/C13H22ClNO2/c14-12-5-3-10(4-6-12)8-15-13(16)11-2-1-7-17-9-11/h10-12H,1-9H2,(H,15,16). The minimum Gasteiger partial charge on any atom is -0.381 e. The van der Waals surface area contributed by atoms with Crippen molar-refractivity contribution in [1.82, 2.24) is 5.32 Å². The average molecular weight is 260 g/mol. The predicted octanol–water partition coefficient (Wildman–Crippen LogP) is 2.33. The number of hydrogen-bond acceptors (Lipinski definition) is 2. The first-order valence-electron chi connectivity index (χ1n) is 6.75. The largest absolute Gasteiger partial charge is 0.381 e. The van der Waals surface area contributed by atoms with Gasteiger partial charge in [-0.05, 0) is 44.4 Å². The molecule has 0 aromatic rings. The molecule has 0 aromatic carbocycles. The van der Waals surface area contributed by atoms with Crippen LogP contribution in [0.3, 0.4) is 0 Å². The van der Waals surface area contributed by atoms with E-state index in [-0.39, 0.29) is 11.8 Å². The van der Waals surface area contributed by atoms with Crippen LogP contribution in [0.2, 0.25) is 0 Å². The number of amides is 1. The van der Waals surface area contributed by atoms with Gasteiger partial charge < -0.3 is 10.1 Å². The lowest BCUT2D eigenvalue weighted by Crippen LogP contribution is -2.38. The fourth-order valence-corrected chi connectivity index (χ4v) is 2.91. The van der Waals surface area contributed by atoms with Crippen molar-refractivity contribution in [3.63, 3.8) is 0 Å². The van der Waals surface area contributed by atoms with Gasteiger partial charge >= 0.3 is 0 Å². The molecular formula is C13H22ClNO2. The van der Waals surface area contributed by atoms with Crippen molar-refractivity contribution in [1.29, 1.82) is 0 Å². The number of alkyl halides is 1. The second-order valence-electron chi connectivity index (χ2n) is 5.28. The smallest absolute Gasteiger partial charge is 0.225 e. The minimum absolute atomic E-state index is 0.0770. The molecule has 2 fully saturated rings. The van der Waals surface area contributed by atoms with Crippen LogP contribution in [0.1, 0.15) is 38.5 Å². The monoisotopic (exact) mass is 259 g/mol. The van der Waals surface area contributed by atoms with Crippen LogP contribution in [0.4, 0.5) is 0 Å². The molecule has 4 heteroatoms. The first-order chi connectivity index (χ1) is 8.25. The zero-order valence-electron chi connectivity index (χ0n) is 10.3. The van der Waals surface area contributed by atoms with Gasteiger partial charge in [-0.3, -0.25) is 4.79 Å². The molecule has 17 heavy (non-hydrogen) atoms. The maximum absolute atomic E-state index is 11.9. The lowest BCUT2D eigenvalue weighted by atomic mass is 9.88. The first kappa shape index (κ1) is 13.2. The third-order valence-corrected chi connectivity index (χ3v) is 4.31. The number of carbonyl (C=O) groups excluding carboxylic acids is 1. The third kappa shape index (κ3) is 4.14. The number of nitrogens with one attached hydrogen (secondary N) is 1. The number of carbonyl (C=O) groups is 1. The van der Waals surface area contributed by atoms with Crippen molar-refractivity contribution in [2.45, 2.75) is 43.9 Å². The van der Waals surface area contributed by atoms with Gasteiger partial charge in [0.15, 0.2) is 0 Å². The Hall–Kier alpha value is -0.280. The van der Waals surface area contributed by atoms with Crippen LogP contribution < -0.4 is 5.32 Å². The van der Waals surface area contributed by atoms with E-state index in [1.54, 1.807) is 0 Å². The molecule has 1 aliphatic heterocycles. The van der Waals surface area contributed by atoms with Crippen LogP contribution in [-0.2, 0) is 9.53 Å². The summed E-state index contributed by atoms with van der Waals surface area (Å²) >= 11 is 6.06. The Morgan fingerprint density at radius 1 is 1.24 bits per heavy atom. The molecule has 1 amide bonds. The van der Waals surface area contributed by atoms with Gasteiger partial charge in [0.2, 0.25) is 5.91 Å². The maximum atomic E-state index is 11.9. The Morgan fingerprint density at radius 3 is 2.65 bits per heavy atom. The molecule has 0 spiro atoms. The topological polar surface area (TPSA) is 38.3 Å². The van der Waals surface area contributed by atoms with Gasteiger partial charge in [-0.25, -0.2) is 0 Å². The maximum Gasteiger partial charge on any atom is 0.225 e. The summed E-state index contributed by atoms with van der Waals surface area (Å²) in [6.45, 7) is 2.22. The lowest BCUT2D eigenvalue weighted by Gasteiger charge is -2.26. The molecule has 1 heterocycles. The molecule has 0 aromatic heterocycles. The van der Waals surface area contributed by atoms with Gasteiger partial charge in [-0.15, -0.1) is 11.6 Å². The molecule has 0 radical (unpaired) electrons. The van der Waals surface area contributed by atoms with E-state index in [4.69, 9.17) is 16.3 Å². The first-order valence-corrected chi connectivity index (χ1v) is 7.19. The highest BCUT2D eigenvalue weighted by Gasteiger charge is 2.24. The fraction of sp³-hybridized carbons (Fsp3) is 0.923. The van der Waals surface area contributed by atoms with E-state index in [1.165, 1.54) is 0 Å². The van der Waals surface area contributed by atoms with Crippen molar-refractivity contribution in [2.75, 3.05) is 19.8 Å².